The van der Waals surface area contributed by atoms with E-state index in [1.807, 2.05) is 24.3 Å². The Morgan fingerprint density at radius 2 is 2.07 bits per heavy atom. The first-order valence-corrected chi connectivity index (χ1v) is 9.76. The van der Waals surface area contributed by atoms with E-state index in [-0.39, 0.29) is 25.0 Å². The summed E-state index contributed by atoms with van der Waals surface area (Å²) in [5, 5.41) is 2.78. The number of hydrogen-bond donors (Lipinski definition) is 1. The smallest absolute Gasteiger partial charge is 0.261 e. The van der Waals surface area contributed by atoms with Crippen molar-refractivity contribution < 1.29 is 18.7 Å². The molecule has 1 aromatic carbocycles. The van der Waals surface area contributed by atoms with Crippen LogP contribution >= 0.6 is 22.9 Å². The minimum absolute atomic E-state index is 0.0554. The second kappa shape index (κ2) is 8.14. The fourth-order valence-electron chi connectivity index (χ4n) is 2.79. The number of nitrogens with one attached hydrogen (secondary N) is 1. The van der Waals surface area contributed by atoms with Crippen LogP contribution in [-0.4, -0.2) is 36.6 Å². The van der Waals surface area contributed by atoms with Crippen LogP contribution in [0.5, 0.6) is 0 Å². The normalized spacial score (nSPS) is 14.3. The monoisotopic (exact) mass is 417 g/mol. The van der Waals surface area contributed by atoms with Gasteiger partial charge >= 0.3 is 0 Å². The Balaban J connectivity index is 1.39. The van der Waals surface area contributed by atoms with E-state index in [2.05, 4.69) is 10.3 Å². The van der Waals surface area contributed by atoms with Crippen molar-refractivity contribution >= 4 is 40.4 Å². The third kappa shape index (κ3) is 4.09. The largest absolute Gasteiger partial charge is 0.444 e. The lowest BCUT2D eigenvalue weighted by Gasteiger charge is -2.26. The number of aromatic nitrogens is 1. The first kappa shape index (κ1) is 18.7. The quantitative estimate of drug-likeness (QED) is 0.688. The van der Waals surface area contributed by atoms with Gasteiger partial charge in [0.15, 0.2) is 0 Å². The Morgan fingerprint density at radius 1 is 1.25 bits per heavy atom. The van der Waals surface area contributed by atoms with Crippen molar-refractivity contribution in [3.05, 3.63) is 57.6 Å². The van der Waals surface area contributed by atoms with Gasteiger partial charge in [0.1, 0.15) is 12.9 Å². The van der Waals surface area contributed by atoms with Crippen molar-refractivity contribution in [2.24, 2.45) is 0 Å². The maximum Gasteiger partial charge on any atom is 0.261 e. The molecule has 0 atom stereocenters. The zero-order valence-electron chi connectivity index (χ0n) is 14.7. The first-order chi connectivity index (χ1) is 13.6. The number of carbonyl (C=O) groups is 2. The third-order valence-corrected chi connectivity index (χ3v) is 5.42. The second-order valence-corrected chi connectivity index (χ2v) is 7.79. The molecular weight excluding hydrogens is 402 g/mol. The van der Waals surface area contributed by atoms with E-state index >= 15 is 0 Å². The highest BCUT2D eigenvalue weighted by Gasteiger charge is 2.20. The van der Waals surface area contributed by atoms with Crippen LogP contribution in [0.15, 0.2) is 47.1 Å². The van der Waals surface area contributed by atoms with Crippen molar-refractivity contribution in [3.8, 4) is 11.5 Å². The summed E-state index contributed by atoms with van der Waals surface area (Å²) < 4.78 is 11.2. The molecule has 9 heteroatoms. The first-order valence-electron chi connectivity index (χ1n) is 8.56. The minimum Gasteiger partial charge on any atom is -0.444 e. The van der Waals surface area contributed by atoms with Crippen LogP contribution in [0.1, 0.15) is 15.4 Å². The summed E-state index contributed by atoms with van der Waals surface area (Å²) in [6, 6.07) is 10.8. The number of morpholine rings is 1. The molecule has 0 bridgehead atoms. The Labute approximate surface area is 169 Å². The number of oxazole rings is 1. The molecule has 144 valence electrons. The number of halogens is 1. The summed E-state index contributed by atoms with van der Waals surface area (Å²) >= 11 is 7.06. The summed E-state index contributed by atoms with van der Waals surface area (Å²) in [7, 11) is 0. The van der Waals surface area contributed by atoms with Gasteiger partial charge in [0.05, 0.1) is 28.1 Å². The molecular formula is C19H16ClN3O4S. The van der Waals surface area contributed by atoms with Gasteiger partial charge in [-0.25, -0.2) is 4.98 Å². The molecule has 7 nitrogen and oxygen atoms in total. The number of anilines is 1. The Hall–Kier alpha value is -2.68. The SMILES string of the molecule is O=C(NCc1coc(-c2ccc(N3CCOCC3=O)cc2)n1)c1ccc(Cl)s1. The van der Waals surface area contributed by atoms with Crippen LogP contribution in [0.2, 0.25) is 4.34 Å². The summed E-state index contributed by atoms with van der Waals surface area (Å²) in [5.74, 6) is 0.185. The average Bonchev–Trinajstić information content (AvgIpc) is 3.36. The molecule has 1 aliphatic heterocycles. The van der Waals surface area contributed by atoms with E-state index in [9.17, 15) is 9.59 Å². The van der Waals surface area contributed by atoms with Crippen LogP contribution in [0, 0.1) is 0 Å². The molecule has 2 amide bonds. The van der Waals surface area contributed by atoms with Gasteiger partial charge in [0, 0.05) is 17.8 Å². The van der Waals surface area contributed by atoms with Crippen LogP contribution in [0.25, 0.3) is 11.5 Å². The fraction of sp³-hybridized carbons (Fsp3) is 0.211. The number of hydrogen-bond acceptors (Lipinski definition) is 6. The van der Waals surface area contributed by atoms with E-state index in [1.165, 1.54) is 17.6 Å². The van der Waals surface area contributed by atoms with E-state index < -0.39 is 0 Å². The standard InChI is InChI=1S/C19H16ClN3O4S/c20-16-6-5-15(28-16)18(25)21-9-13-10-27-19(22-13)12-1-3-14(4-2-12)23-7-8-26-11-17(23)24/h1-6,10H,7-9,11H2,(H,21,25). The van der Waals surface area contributed by atoms with Crippen LogP contribution in [0.3, 0.4) is 0 Å². The molecule has 3 aromatic rings. The summed E-state index contributed by atoms with van der Waals surface area (Å²) in [4.78, 5) is 30.6. The van der Waals surface area contributed by atoms with Crippen molar-refractivity contribution in [2.45, 2.75) is 6.54 Å². The number of ether oxygens (including phenoxy) is 1. The minimum atomic E-state index is -0.207. The highest BCUT2D eigenvalue weighted by Crippen LogP contribution is 2.24. The molecule has 0 unspecified atom stereocenters. The highest BCUT2D eigenvalue weighted by molar-refractivity contribution is 7.17. The van der Waals surface area contributed by atoms with Gasteiger partial charge in [0.25, 0.3) is 11.8 Å². The van der Waals surface area contributed by atoms with Crippen LogP contribution < -0.4 is 10.2 Å². The van der Waals surface area contributed by atoms with Crippen molar-refractivity contribution in [3.63, 3.8) is 0 Å². The topological polar surface area (TPSA) is 84.7 Å². The molecule has 4 rings (SSSR count). The predicted octanol–water partition coefficient (Wildman–Crippen LogP) is 3.35. The van der Waals surface area contributed by atoms with Gasteiger partial charge in [0.2, 0.25) is 5.89 Å². The van der Waals surface area contributed by atoms with E-state index in [0.717, 1.165) is 11.3 Å². The van der Waals surface area contributed by atoms with Gasteiger partial charge < -0.3 is 19.4 Å². The Morgan fingerprint density at radius 3 is 2.79 bits per heavy atom. The molecule has 3 heterocycles. The van der Waals surface area contributed by atoms with Crippen molar-refractivity contribution in [2.75, 3.05) is 24.7 Å². The molecule has 0 spiro atoms. The van der Waals surface area contributed by atoms with E-state index in [0.29, 0.717) is 33.9 Å². The molecule has 2 aromatic heterocycles. The lowest BCUT2D eigenvalue weighted by Crippen LogP contribution is -2.41. The van der Waals surface area contributed by atoms with Crippen molar-refractivity contribution in [1.29, 1.82) is 0 Å². The van der Waals surface area contributed by atoms with Crippen molar-refractivity contribution in [1.82, 2.24) is 10.3 Å². The third-order valence-electron chi connectivity index (χ3n) is 4.19. The fourth-order valence-corrected chi connectivity index (χ4v) is 3.75. The van der Waals surface area contributed by atoms with Gasteiger partial charge in [-0.3, -0.25) is 9.59 Å². The summed E-state index contributed by atoms with van der Waals surface area (Å²) in [6.07, 6.45) is 1.51. The van der Waals surface area contributed by atoms with E-state index in [4.69, 9.17) is 20.8 Å². The number of rotatable bonds is 5. The number of thiophene rings is 1. The summed E-state index contributed by atoms with van der Waals surface area (Å²) in [6.45, 7) is 1.42. The lowest BCUT2D eigenvalue weighted by atomic mass is 10.2. The molecule has 0 saturated carbocycles. The molecule has 1 N–H and O–H groups in total. The Bertz CT molecular complexity index is 999. The van der Waals surface area contributed by atoms with Gasteiger partial charge in [-0.15, -0.1) is 11.3 Å². The van der Waals surface area contributed by atoms with Gasteiger partial charge in [-0.05, 0) is 36.4 Å². The number of carbonyl (C=O) groups excluding carboxylic acids is 2. The van der Waals surface area contributed by atoms with Gasteiger partial charge in [-0.2, -0.15) is 0 Å². The van der Waals surface area contributed by atoms with E-state index in [1.54, 1.807) is 17.0 Å². The molecule has 0 radical (unpaired) electrons. The predicted molar refractivity (Wildman–Crippen MR) is 106 cm³/mol. The molecule has 1 aliphatic rings. The maximum absolute atomic E-state index is 12.1. The lowest BCUT2D eigenvalue weighted by molar-refractivity contribution is -0.125. The number of amides is 2. The van der Waals surface area contributed by atoms with Crippen LogP contribution in [0.4, 0.5) is 5.69 Å². The zero-order valence-corrected chi connectivity index (χ0v) is 16.3. The van der Waals surface area contributed by atoms with Crippen LogP contribution in [-0.2, 0) is 16.1 Å². The molecule has 0 aliphatic carbocycles. The zero-order chi connectivity index (χ0) is 19.5. The molecule has 28 heavy (non-hydrogen) atoms. The maximum atomic E-state index is 12.1. The highest BCUT2D eigenvalue weighted by atomic mass is 35.5. The average molecular weight is 418 g/mol. The number of nitrogens with zero attached hydrogens (tertiary/aromatic N) is 2. The molecule has 1 fully saturated rings. The second-order valence-electron chi connectivity index (χ2n) is 6.08. The summed E-state index contributed by atoms with van der Waals surface area (Å²) in [5.41, 5.74) is 2.20. The Kier molecular flexibility index (Phi) is 5.43. The molecule has 1 saturated heterocycles. The number of benzene rings is 1. The van der Waals surface area contributed by atoms with Gasteiger partial charge in [-0.1, -0.05) is 11.6 Å².